The monoisotopic (exact) mass is 508 g/mol. The van der Waals surface area contributed by atoms with Crippen LogP contribution >= 0.6 is 0 Å². The summed E-state index contributed by atoms with van der Waals surface area (Å²) in [6.07, 6.45) is 5.23. The van der Waals surface area contributed by atoms with Crippen LogP contribution < -0.4 is 14.8 Å². The minimum Gasteiger partial charge on any atom is -0.493 e. The molecule has 4 rings (SSSR count). The van der Waals surface area contributed by atoms with E-state index in [1.165, 1.54) is 5.56 Å². The molecule has 1 atom stereocenters. The molecule has 0 radical (unpaired) electrons. The number of fused-ring (bicyclic) bond motifs is 1. The molecule has 1 unspecified atom stereocenters. The Kier molecular flexibility index (Phi) is 9.45. The Morgan fingerprint density at radius 2 is 1.76 bits per heavy atom. The van der Waals surface area contributed by atoms with Gasteiger partial charge in [0.25, 0.3) is 0 Å². The van der Waals surface area contributed by atoms with Gasteiger partial charge < -0.3 is 19.5 Å². The second kappa shape index (κ2) is 13.0. The number of hydrogen-bond donors (Lipinski definition) is 1. The maximum Gasteiger partial charge on any atom is 0.305 e. The highest BCUT2D eigenvalue weighted by molar-refractivity contribution is 6.02. The molecule has 1 aliphatic heterocycles. The molecule has 1 heterocycles. The van der Waals surface area contributed by atoms with Gasteiger partial charge in [0.1, 0.15) is 0 Å². The van der Waals surface area contributed by atoms with E-state index >= 15 is 0 Å². The third kappa shape index (κ3) is 7.04. The summed E-state index contributed by atoms with van der Waals surface area (Å²) in [6.45, 7) is 6.09. The van der Waals surface area contributed by atoms with Crippen LogP contribution in [-0.2, 0) is 22.5 Å². The first-order chi connectivity index (χ1) is 18.0. The molecule has 0 amide bonds. The maximum atomic E-state index is 13.1. The van der Waals surface area contributed by atoms with Crippen molar-refractivity contribution in [3.63, 3.8) is 0 Å². The summed E-state index contributed by atoms with van der Waals surface area (Å²) < 4.78 is 15.8. The van der Waals surface area contributed by atoms with Gasteiger partial charge in [-0.25, -0.2) is 0 Å². The predicted octanol–water partition coefficient (Wildman–Crippen LogP) is 5.12. The zero-order valence-corrected chi connectivity index (χ0v) is 22.4. The summed E-state index contributed by atoms with van der Waals surface area (Å²) in [5, 5.41) is 3.37. The molecule has 2 aromatic rings. The lowest BCUT2D eigenvalue weighted by atomic mass is 9.85. The fourth-order valence-corrected chi connectivity index (χ4v) is 5.56. The number of anilines is 1. The van der Waals surface area contributed by atoms with Crippen LogP contribution in [0.15, 0.2) is 36.4 Å². The largest absolute Gasteiger partial charge is 0.493 e. The number of esters is 1. The van der Waals surface area contributed by atoms with E-state index in [-0.39, 0.29) is 17.7 Å². The average molecular weight is 509 g/mol. The minimum absolute atomic E-state index is 0.0701. The third-order valence-electron chi connectivity index (χ3n) is 7.59. The number of hydrogen-bond acceptors (Lipinski definition) is 7. The fourth-order valence-electron chi connectivity index (χ4n) is 5.56. The Labute approximate surface area is 220 Å². The quantitative estimate of drug-likeness (QED) is 0.315. The normalized spacial score (nSPS) is 17.9. The van der Waals surface area contributed by atoms with E-state index in [9.17, 15) is 9.59 Å². The Morgan fingerprint density at radius 1 is 1.05 bits per heavy atom. The molecule has 2 aliphatic rings. The Morgan fingerprint density at radius 3 is 2.43 bits per heavy atom. The number of methoxy groups -OCH3 is 2. The lowest BCUT2D eigenvalue weighted by Gasteiger charge is -2.33. The molecule has 0 spiro atoms. The summed E-state index contributed by atoms with van der Waals surface area (Å²) in [4.78, 5) is 27.0. The van der Waals surface area contributed by atoms with Gasteiger partial charge in [-0.1, -0.05) is 12.1 Å². The molecule has 1 aliphatic carbocycles. The molecular formula is C30H40N2O5. The number of nitrogens with one attached hydrogen (secondary N) is 1. The number of ketones is 1. The number of benzene rings is 2. The first-order valence-electron chi connectivity index (χ1n) is 13.5. The minimum atomic E-state index is -0.135. The summed E-state index contributed by atoms with van der Waals surface area (Å²) in [6, 6.07) is 12.4. The average Bonchev–Trinajstić information content (AvgIpc) is 3.21. The van der Waals surface area contributed by atoms with Gasteiger partial charge in [-0.3, -0.25) is 14.5 Å². The van der Waals surface area contributed by atoms with Gasteiger partial charge in [-0.05, 0) is 93.4 Å². The van der Waals surface area contributed by atoms with Crippen LogP contribution in [0.3, 0.4) is 0 Å². The molecule has 1 saturated heterocycles. The number of carbonyl (C=O) groups is 2. The molecular weight excluding hydrogens is 468 g/mol. The van der Waals surface area contributed by atoms with E-state index in [0.29, 0.717) is 30.4 Å². The maximum absolute atomic E-state index is 13.1. The molecule has 0 bridgehead atoms. The Balaban J connectivity index is 1.19. The Hall–Kier alpha value is -3.06. The number of ether oxygens (including phenoxy) is 3. The van der Waals surface area contributed by atoms with E-state index in [0.717, 1.165) is 75.1 Å². The lowest BCUT2D eigenvalue weighted by molar-refractivity contribution is -0.143. The molecule has 1 N–H and O–H groups in total. The van der Waals surface area contributed by atoms with Crippen molar-refractivity contribution in [3.05, 3.63) is 53.1 Å². The van der Waals surface area contributed by atoms with Gasteiger partial charge in [-0.2, -0.15) is 0 Å². The van der Waals surface area contributed by atoms with Crippen molar-refractivity contribution in [3.8, 4) is 11.5 Å². The standard InChI is InChI=1S/C30H40N2O5/c1-4-37-29(33)6-5-13-31-25-9-7-22(8-10-25)20-32-14-11-21(12-15-32)16-24-17-23-18-27(35-2)28(36-3)19-26(23)30(24)34/h7-10,18-19,21,24,31H,4-6,11-17,20H2,1-3H3. The van der Waals surface area contributed by atoms with Gasteiger partial charge in [-0.15, -0.1) is 0 Å². The lowest BCUT2D eigenvalue weighted by Crippen LogP contribution is -2.34. The van der Waals surface area contributed by atoms with Crippen molar-refractivity contribution in [1.29, 1.82) is 0 Å². The second-order valence-corrected chi connectivity index (χ2v) is 10.1. The SMILES string of the molecule is CCOC(=O)CCCNc1ccc(CN2CCC(CC3Cc4cc(OC)c(OC)cc4C3=O)CC2)cc1. The predicted molar refractivity (Wildman–Crippen MR) is 144 cm³/mol. The molecule has 7 nitrogen and oxygen atoms in total. The zero-order valence-electron chi connectivity index (χ0n) is 22.4. The number of piperidine rings is 1. The smallest absolute Gasteiger partial charge is 0.305 e. The summed E-state index contributed by atoms with van der Waals surface area (Å²) in [7, 11) is 3.24. The number of nitrogens with zero attached hydrogens (tertiary/aromatic N) is 1. The van der Waals surface area contributed by atoms with Crippen molar-refractivity contribution >= 4 is 17.4 Å². The number of Topliss-reactive ketones (excluding diaryl/α,β-unsaturated/α-hetero) is 1. The van der Waals surface area contributed by atoms with Crippen LogP contribution in [0.5, 0.6) is 11.5 Å². The first kappa shape index (κ1) is 27.0. The molecule has 7 heteroatoms. The Bertz CT molecular complexity index is 1060. The van der Waals surface area contributed by atoms with Crippen molar-refractivity contribution in [2.75, 3.05) is 45.8 Å². The molecule has 37 heavy (non-hydrogen) atoms. The number of rotatable bonds is 12. The van der Waals surface area contributed by atoms with Crippen molar-refractivity contribution in [2.24, 2.45) is 11.8 Å². The fraction of sp³-hybridized carbons (Fsp3) is 0.533. The summed E-state index contributed by atoms with van der Waals surface area (Å²) in [5.74, 6) is 2.10. The first-order valence-corrected chi connectivity index (χ1v) is 13.5. The van der Waals surface area contributed by atoms with E-state index in [1.54, 1.807) is 14.2 Å². The topological polar surface area (TPSA) is 77.1 Å². The molecule has 0 saturated carbocycles. The molecule has 200 valence electrons. The van der Waals surface area contributed by atoms with Crippen molar-refractivity contribution < 1.29 is 23.8 Å². The van der Waals surface area contributed by atoms with Gasteiger partial charge in [0.2, 0.25) is 0 Å². The van der Waals surface area contributed by atoms with E-state index in [4.69, 9.17) is 14.2 Å². The highest BCUT2D eigenvalue weighted by atomic mass is 16.5. The van der Waals surface area contributed by atoms with Crippen LogP contribution in [0.1, 0.15) is 60.5 Å². The molecule has 2 aromatic carbocycles. The summed E-state index contributed by atoms with van der Waals surface area (Å²) in [5.41, 5.74) is 4.27. The van der Waals surface area contributed by atoms with Gasteiger partial charge in [0.15, 0.2) is 17.3 Å². The van der Waals surface area contributed by atoms with Crippen LogP contribution in [-0.4, -0.2) is 57.1 Å². The summed E-state index contributed by atoms with van der Waals surface area (Å²) >= 11 is 0. The van der Waals surface area contributed by atoms with Gasteiger partial charge in [0.05, 0.1) is 20.8 Å². The third-order valence-corrected chi connectivity index (χ3v) is 7.59. The van der Waals surface area contributed by atoms with Crippen LogP contribution in [0.2, 0.25) is 0 Å². The number of likely N-dealkylation sites (tertiary alicyclic amines) is 1. The second-order valence-electron chi connectivity index (χ2n) is 10.1. The zero-order chi connectivity index (χ0) is 26.2. The molecule has 1 fully saturated rings. The van der Waals surface area contributed by atoms with Crippen molar-refractivity contribution in [2.45, 2.75) is 52.0 Å². The highest BCUT2D eigenvalue weighted by Gasteiger charge is 2.34. The van der Waals surface area contributed by atoms with Crippen LogP contribution in [0.25, 0.3) is 0 Å². The highest BCUT2D eigenvalue weighted by Crippen LogP contribution is 2.39. The van der Waals surface area contributed by atoms with E-state index in [1.807, 2.05) is 19.1 Å². The molecule has 0 aromatic heterocycles. The van der Waals surface area contributed by atoms with Crippen molar-refractivity contribution in [1.82, 2.24) is 4.90 Å². The van der Waals surface area contributed by atoms with Crippen LogP contribution in [0, 0.1) is 11.8 Å². The number of carbonyl (C=O) groups excluding carboxylic acids is 2. The van der Waals surface area contributed by atoms with Gasteiger partial charge >= 0.3 is 5.97 Å². The van der Waals surface area contributed by atoms with E-state index in [2.05, 4.69) is 34.5 Å². The van der Waals surface area contributed by atoms with Gasteiger partial charge in [0, 0.05) is 36.7 Å². The van der Waals surface area contributed by atoms with E-state index < -0.39 is 0 Å². The van der Waals surface area contributed by atoms with Crippen LogP contribution in [0.4, 0.5) is 5.69 Å².